The maximum atomic E-state index is 13.4. The number of benzene rings is 1. The van der Waals surface area contributed by atoms with Crippen LogP contribution in [-0.2, 0) is 4.79 Å². The molecule has 1 atom stereocenters. The number of carbonyl (C=O) groups is 1. The van der Waals surface area contributed by atoms with Gasteiger partial charge in [0, 0.05) is 12.6 Å². The predicted octanol–water partition coefficient (Wildman–Crippen LogP) is 1.74. The van der Waals surface area contributed by atoms with Crippen molar-refractivity contribution in [1.82, 2.24) is 5.32 Å². The lowest BCUT2D eigenvalue weighted by molar-refractivity contribution is -0.127. The Morgan fingerprint density at radius 1 is 1.44 bits per heavy atom. The zero-order valence-electron chi connectivity index (χ0n) is 9.78. The number of nitriles is 1. The average Bonchev–Trinajstić information content (AvgIpc) is 2.55. The largest absolute Gasteiger partial charge is 0.481 e. The summed E-state index contributed by atoms with van der Waals surface area (Å²) in [6, 6.07) is 5.72. The van der Waals surface area contributed by atoms with Gasteiger partial charge in [0.15, 0.2) is 6.10 Å². The Morgan fingerprint density at radius 3 is 3.00 bits per heavy atom. The Kier molecular flexibility index (Phi) is 3.78. The lowest BCUT2D eigenvalue weighted by atomic mass is 10.1. The standard InChI is InChI=1S/C13H13FN2O2/c14-11-7-10(5-4-9(11)8-15)18-12-3-1-2-6-16-13(12)17/h4-5,7,12H,1-3,6H2,(H,16,17). The molecule has 1 unspecified atom stereocenters. The molecule has 1 aliphatic rings. The maximum absolute atomic E-state index is 13.4. The highest BCUT2D eigenvalue weighted by Crippen LogP contribution is 2.19. The van der Waals surface area contributed by atoms with E-state index in [9.17, 15) is 9.18 Å². The van der Waals surface area contributed by atoms with Crippen LogP contribution in [0.25, 0.3) is 0 Å². The zero-order valence-corrected chi connectivity index (χ0v) is 9.78. The molecule has 1 amide bonds. The molecule has 0 aromatic heterocycles. The molecule has 0 aliphatic carbocycles. The number of amides is 1. The van der Waals surface area contributed by atoms with E-state index in [0.29, 0.717) is 13.0 Å². The molecule has 1 aromatic rings. The van der Waals surface area contributed by atoms with Gasteiger partial charge >= 0.3 is 0 Å². The Balaban J connectivity index is 2.11. The van der Waals surface area contributed by atoms with Gasteiger partial charge in [-0.3, -0.25) is 4.79 Å². The molecule has 5 heteroatoms. The zero-order chi connectivity index (χ0) is 13.0. The van der Waals surface area contributed by atoms with Gasteiger partial charge in [-0.05, 0) is 31.4 Å². The fourth-order valence-electron chi connectivity index (χ4n) is 1.85. The molecule has 1 saturated heterocycles. The first-order valence-corrected chi connectivity index (χ1v) is 5.85. The van der Waals surface area contributed by atoms with Crippen LogP contribution in [0.5, 0.6) is 5.75 Å². The third kappa shape index (κ3) is 2.77. The number of halogens is 1. The second-order valence-electron chi connectivity index (χ2n) is 4.15. The number of rotatable bonds is 2. The van der Waals surface area contributed by atoms with Gasteiger partial charge in [-0.1, -0.05) is 0 Å². The summed E-state index contributed by atoms with van der Waals surface area (Å²) in [5, 5.41) is 11.4. The van der Waals surface area contributed by atoms with E-state index in [2.05, 4.69) is 5.32 Å². The van der Waals surface area contributed by atoms with Gasteiger partial charge in [0.1, 0.15) is 17.6 Å². The van der Waals surface area contributed by atoms with E-state index in [4.69, 9.17) is 10.00 Å². The smallest absolute Gasteiger partial charge is 0.261 e. The molecular formula is C13H13FN2O2. The fraction of sp³-hybridized carbons (Fsp3) is 0.385. The van der Waals surface area contributed by atoms with Crippen molar-refractivity contribution in [3.8, 4) is 11.8 Å². The van der Waals surface area contributed by atoms with Crippen LogP contribution in [0, 0.1) is 17.1 Å². The molecule has 4 nitrogen and oxygen atoms in total. The average molecular weight is 248 g/mol. The fourth-order valence-corrected chi connectivity index (χ4v) is 1.85. The minimum absolute atomic E-state index is 0.0346. The van der Waals surface area contributed by atoms with Gasteiger partial charge in [0.05, 0.1) is 5.56 Å². The second kappa shape index (κ2) is 5.50. The van der Waals surface area contributed by atoms with Crippen molar-refractivity contribution >= 4 is 5.91 Å². The Labute approximate surface area is 104 Å². The van der Waals surface area contributed by atoms with Crippen LogP contribution in [-0.4, -0.2) is 18.6 Å². The van der Waals surface area contributed by atoms with Gasteiger partial charge in [-0.25, -0.2) is 4.39 Å². The highest BCUT2D eigenvalue weighted by Gasteiger charge is 2.22. The Bertz CT molecular complexity index is 496. The molecule has 0 bridgehead atoms. The number of nitrogens with one attached hydrogen (secondary N) is 1. The molecule has 18 heavy (non-hydrogen) atoms. The first-order chi connectivity index (χ1) is 8.70. The molecule has 1 aromatic carbocycles. The van der Waals surface area contributed by atoms with Gasteiger partial charge in [-0.15, -0.1) is 0 Å². The normalized spacial score (nSPS) is 19.6. The van der Waals surface area contributed by atoms with Crippen molar-refractivity contribution in [2.75, 3.05) is 6.54 Å². The van der Waals surface area contributed by atoms with Gasteiger partial charge in [0.2, 0.25) is 0 Å². The van der Waals surface area contributed by atoms with E-state index >= 15 is 0 Å². The lowest BCUT2D eigenvalue weighted by Crippen LogP contribution is -2.36. The summed E-state index contributed by atoms with van der Waals surface area (Å²) in [5.41, 5.74) is -0.0346. The molecule has 1 fully saturated rings. The van der Waals surface area contributed by atoms with Crippen LogP contribution >= 0.6 is 0 Å². The lowest BCUT2D eigenvalue weighted by Gasteiger charge is -2.15. The van der Waals surface area contributed by atoms with E-state index in [1.54, 1.807) is 6.07 Å². The van der Waals surface area contributed by atoms with E-state index in [1.807, 2.05) is 0 Å². The number of hydrogen-bond donors (Lipinski definition) is 1. The van der Waals surface area contributed by atoms with Gasteiger partial charge in [-0.2, -0.15) is 5.26 Å². The minimum atomic E-state index is -0.635. The van der Waals surface area contributed by atoms with E-state index in [0.717, 1.165) is 18.9 Å². The van der Waals surface area contributed by atoms with Crippen LogP contribution in [0.4, 0.5) is 4.39 Å². The summed E-state index contributed by atoms with van der Waals surface area (Å²) in [6.45, 7) is 0.653. The molecule has 0 radical (unpaired) electrons. The van der Waals surface area contributed by atoms with E-state index in [1.165, 1.54) is 12.1 Å². The molecule has 94 valence electrons. The molecule has 2 rings (SSSR count). The predicted molar refractivity (Wildman–Crippen MR) is 62.4 cm³/mol. The summed E-state index contributed by atoms with van der Waals surface area (Å²) in [5.74, 6) is -0.533. The van der Waals surface area contributed by atoms with Crippen LogP contribution in [0.3, 0.4) is 0 Å². The Morgan fingerprint density at radius 2 is 2.28 bits per heavy atom. The number of hydrogen-bond acceptors (Lipinski definition) is 3. The monoisotopic (exact) mass is 248 g/mol. The maximum Gasteiger partial charge on any atom is 0.261 e. The van der Waals surface area contributed by atoms with E-state index in [-0.39, 0.29) is 17.2 Å². The topological polar surface area (TPSA) is 62.1 Å². The van der Waals surface area contributed by atoms with Crippen molar-refractivity contribution in [2.24, 2.45) is 0 Å². The van der Waals surface area contributed by atoms with Crippen molar-refractivity contribution < 1.29 is 13.9 Å². The van der Waals surface area contributed by atoms with Crippen LogP contribution in [0.15, 0.2) is 18.2 Å². The third-order valence-electron chi connectivity index (χ3n) is 2.82. The summed E-state index contributed by atoms with van der Waals surface area (Å²) in [6.07, 6.45) is 1.85. The summed E-state index contributed by atoms with van der Waals surface area (Å²) in [7, 11) is 0. The van der Waals surface area contributed by atoms with Crippen molar-refractivity contribution in [2.45, 2.75) is 25.4 Å². The molecule has 1 heterocycles. The summed E-state index contributed by atoms with van der Waals surface area (Å²) < 4.78 is 18.8. The van der Waals surface area contributed by atoms with Crippen molar-refractivity contribution in [3.05, 3.63) is 29.6 Å². The SMILES string of the molecule is N#Cc1ccc(OC2CCCCNC2=O)cc1F. The number of nitrogens with zero attached hydrogens (tertiary/aromatic N) is 1. The van der Waals surface area contributed by atoms with Crippen LogP contribution in [0.1, 0.15) is 24.8 Å². The third-order valence-corrected chi connectivity index (χ3v) is 2.82. The van der Waals surface area contributed by atoms with Crippen LogP contribution < -0.4 is 10.1 Å². The molecule has 1 aliphatic heterocycles. The number of carbonyl (C=O) groups excluding carboxylic acids is 1. The molecule has 0 spiro atoms. The summed E-state index contributed by atoms with van der Waals surface area (Å²) in [4.78, 5) is 11.6. The number of ether oxygens (including phenoxy) is 1. The van der Waals surface area contributed by atoms with E-state index < -0.39 is 11.9 Å². The van der Waals surface area contributed by atoms with Crippen molar-refractivity contribution in [1.29, 1.82) is 5.26 Å². The highest BCUT2D eigenvalue weighted by molar-refractivity contribution is 5.81. The Hall–Kier alpha value is -2.09. The first kappa shape index (κ1) is 12.4. The molecular weight excluding hydrogens is 235 g/mol. The van der Waals surface area contributed by atoms with Crippen molar-refractivity contribution in [3.63, 3.8) is 0 Å². The first-order valence-electron chi connectivity index (χ1n) is 5.85. The highest BCUT2D eigenvalue weighted by atomic mass is 19.1. The van der Waals surface area contributed by atoms with Gasteiger partial charge in [0.25, 0.3) is 5.91 Å². The van der Waals surface area contributed by atoms with Gasteiger partial charge < -0.3 is 10.1 Å². The summed E-state index contributed by atoms with van der Waals surface area (Å²) >= 11 is 0. The molecule has 1 N–H and O–H groups in total. The minimum Gasteiger partial charge on any atom is -0.481 e. The van der Waals surface area contributed by atoms with Crippen LogP contribution in [0.2, 0.25) is 0 Å². The second-order valence-corrected chi connectivity index (χ2v) is 4.15. The molecule has 0 saturated carbocycles. The quantitative estimate of drug-likeness (QED) is 0.867.